The topological polar surface area (TPSA) is 78.9 Å². The molecule has 2 amide bonds. The van der Waals surface area contributed by atoms with E-state index in [4.69, 9.17) is 9.84 Å². The first-order valence-corrected chi connectivity index (χ1v) is 7.31. The van der Waals surface area contributed by atoms with E-state index in [2.05, 4.69) is 5.32 Å². The molecule has 20 heavy (non-hydrogen) atoms. The Hall–Kier alpha value is -1.30. The second kappa shape index (κ2) is 5.99. The van der Waals surface area contributed by atoms with Gasteiger partial charge in [-0.25, -0.2) is 4.79 Å². The lowest BCUT2D eigenvalue weighted by Crippen LogP contribution is -2.56. The lowest BCUT2D eigenvalue weighted by Gasteiger charge is -2.36. The van der Waals surface area contributed by atoms with E-state index in [1.165, 1.54) is 0 Å². The number of hydrogen-bond acceptors (Lipinski definition) is 3. The Morgan fingerprint density at radius 1 is 1.50 bits per heavy atom. The normalized spacial score (nSPS) is 34.0. The monoisotopic (exact) mass is 284 g/mol. The number of rotatable bonds is 3. The molecule has 0 aliphatic carbocycles. The molecule has 3 atom stereocenters. The molecule has 2 fully saturated rings. The fourth-order valence-corrected chi connectivity index (χ4v) is 2.99. The van der Waals surface area contributed by atoms with Gasteiger partial charge in [0, 0.05) is 26.1 Å². The number of carbonyl (C=O) groups is 2. The van der Waals surface area contributed by atoms with E-state index in [1.807, 2.05) is 13.8 Å². The van der Waals surface area contributed by atoms with Gasteiger partial charge in [-0.3, -0.25) is 4.79 Å². The number of likely N-dealkylation sites (tertiary alicyclic amines) is 1. The van der Waals surface area contributed by atoms with Crippen molar-refractivity contribution in [1.82, 2.24) is 10.2 Å². The van der Waals surface area contributed by atoms with Gasteiger partial charge in [0.15, 0.2) is 0 Å². The lowest BCUT2D eigenvalue weighted by atomic mass is 9.93. The molecule has 0 saturated carbocycles. The summed E-state index contributed by atoms with van der Waals surface area (Å²) in [5.74, 6) is -0.723. The molecule has 3 unspecified atom stereocenters. The molecule has 2 saturated heterocycles. The maximum Gasteiger partial charge on any atom is 0.317 e. The molecule has 2 N–H and O–H groups in total. The van der Waals surface area contributed by atoms with Gasteiger partial charge in [0.25, 0.3) is 0 Å². The maximum absolute atomic E-state index is 12.3. The zero-order chi connectivity index (χ0) is 14.8. The molecular formula is C14H24N2O4. The molecular weight excluding hydrogens is 260 g/mol. The predicted molar refractivity (Wildman–Crippen MR) is 73.5 cm³/mol. The van der Waals surface area contributed by atoms with Gasteiger partial charge >= 0.3 is 12.0 Å². The number of carbonyl (C=O) groups excluding carboxylic acids is 1. The number of nitrogens with one attached hydrogen (secondary N) is 1. The van der Waals surface area contributed by atoms with Gasteiger partial charge < -0.3 is 20.1 Å². The maximum atomic E-state index is 12.3. The highest BCUT2D eigenvalue weighted by Crippen LogP contribution is 2.26. The average Bonchev–Trinajstić information content (AvgIpc) is 2.69. The molecule has 2 rings (SSSR count). The molecule has 0 bridgehead atoms. The summed E-state index contributed by atoms with van der Waals surface area (Å²) in [6, 6.07) is -0.0973. The Morgan fingerprint density at radius 2 is 2.25 bits per heavy atom. The number of piperidine rings is 1. The standard InChI is InChI=1S/C14H24N2O4/c1-10-14(2,5-7-20-10)15-13(19)16-6-3-4-11(9-16)8-12(17)18/h10-11H,3-9H2,1-2H3,(H,15,19)(H,17,18). The van der Waals surface area contributed by atoms with E-state index >= 15 is 0 Å². The van der Waals surface area contributed by atoms with Crippen LogP contribution < -0.4 is 5.32 Å². The predicted octanol–water partition coefficient (Wildman–Crippen LogP) is 1.45. The van der Waals surface area contributed by atoms with E-state index in [1.54, 1.807) is 4.90 Å². The Labute approximate surface area is 119 Å². The summed E-state index contributed by atoms with van der Waals surface area (Å²) in [5.41, 5.74) is -0.323. The Kier molecular flexibility index (Phi) is 4.52. The number of ether oxygens (including phenoxy) is 1. The highest BCUT2D eigenvalue weighted by Gasteiger charge is 2.39. The lowest BCUT2D eigenvalue weighted by molar-refractivity contribution is -0.138. The fraction of sp³-hybridized carbons (Fsp3) is 0.857. The average molecular weight is 284 g/mol. The Balaban J connectivity index is 1.90. The molecule has 6 nitrogen and oxygen atoms in total. The second-order valence-electron chi connectivity index (χ2n) is 6.16. The van der Waals surface area contributed by atoms with E-state index in [0.717, 1.165) is 19.3 Å². The summed E-state index contributed by atoms with van der Waals surface area (Å²) >= 11 is 0. The van der Waals surface area contributed by atoms with Crippen molar-refractivity contribution in [1.29, 1.82) is 0 Å². The van der Waals surface area contributed by atoms with E-state index < -0.39 is 5.97 Å². The van der Waals surface area contributed by atoms with Crippen molar-refractivity contribution in [3.63, 3.8) is 0 Å². The van der Waals surface area contributed by atoms with Gasteiger partial charge in [-0.2, -0.15) is 0 Å². The van der Waals surface area contributed by atoms with Crippen molar-refractivity contribution in [2.24, 2.45) is 5.92 Å². The SMILES string of the molecule is CC1OCCC1(C)NC(=O)N1CCCC(CC(=O)O)C1. The molecule has 0 spiro atoms. The van der Waals surface area contributed by atoms with Crippen LogP contribution in [0.4, 0.5) is 4.79 Å². The van der Waals surface area contributed by atoms with Crippen LogP contribution in [-0.4, -0.2) is 53.3 Å². The van der Waals surface area contributed by atoms with Crippen LogP contribution in [0.25, 0.3) is 0 Å². The fourth-order valence-electron chi connectivity index (χ4n) is 2.99. The number of hydrogen-bond donors (Lipinski definition) is 2. The number of urea groups is 1. The first-order valence-electron chi connectivity index (χ1n) is 7.31. The Morgan fingerprint density at radius 3 is 2.85 bits per heavy atom. The second-order valence-corrected chi connectivity index (χ2v) is 6.16. The van der Waals surface area contributed by atoms with Crippen LogP contribution in [0.2, 0.25) is 0 Å². The number of nitrogens with zero attached hydrogens (tertiary/aromatic N) is 1. The first kappa shape index (κ1) is 15.1. The van der Waals surface area contributed by atoms with Crippen molar-refractivity contribution >= 4 is 12.0 Å². The zero-order valence-corrected chi connectivity index (χ0v) is 12.2. The number of carboxylic acids is 1. The van der Waals surface area contributed by atoms with Gasteiger partial charge in [0.2, 0.25) is 0 Å². The summed E-state index contributed by atoms with van der Waals surface area (Å²) in [7, 11) is 0. The minimum Gasteiger partial charge on any atom is -0.481 e. The van der Waals surface area contributed by atoms with Crippen LogP contribution in [0.5, 0.6) is 0 Å². The van der Waals surface area contributed by atoms with E-state index in [-0.39, 0.29) is 30.0 Å². The molecule has 2 heterocycles. The van der Waals surface area contributed by atoms with Crippen molar-refractivity contribution < 1.29 is 19.4 Å². The van der Waals surface area contributed by atoms with Gasteiger partial charge in [0.05, 0.1) is 11.6 Å². The summed E-state index contributed by atoms with van der Waals surface area (Å²) < 4.78 is 5.52. The molecule has 0 aromatic carbocycles. The zero-order valence-electron chi connectivity index (χ0n) is 12.2. The van der Waals surface area contributed by atoms with Crippen LogP contribution in [0, 0.1) is 5.92 Å². The van der Waals surface area contributed by atoms with Crippen LogP contribution >= 0.6 is 0 Å². The highest BCUT2D eigenvalue weighted by atomic mass is 16.5. The van der Waals surface area contributed by atoms with Crippen LogP contribution in [0.1, 0.15) is 39.5 Å². The third kappa shape index (κ3) is 3.42. The molecule has 0 aromatic heterocycles. The van der Waals surface area contributed by atoms with Gasteiger partial charge in [0.1, 0.15) is 0 Å². The molecule has 114 valence electrons. The van der Waals surface area contributed by atoms with Gasteiger partial charge in [-0.15, -0.1) is 0 Å². The van der Waals surface area contributed by atoms with Crippen LogP contribution in [0.3, 0.4) is 0 Å². The van der Waals surface area contributed by atoms with Gasteiger partial charge in [-0.05, 0) is 39.0 Å². The van der Waals surface area contributed by atoms with Crippen molar-refractivity contribution in [2.75, 3.05) is 19.7 Å². The number of carboxylic acid groups (broad SMARTS) is 1. The number of aliphatic carboxylic acids is 1. The molecule has 2 aliphatic heterocycles. The van der Waals surface area contributed by atoms with Crippen molar-refractivity contribution in [3.05, 3.63) is 0 Å². The highest BCUT2D eigenvalue weighted by molar-refractivity contribution is 5.75. The molecule has 0 radical (unpaired) electrons. The summed E-state index contributed by atoms with van der Waals surface area (Å²) in [6.07, 6.45) is 2.71. The molecule has 2 aliphatic rings. The van der Waals surface area contributed by atoms with Crippen molar-refractivity contribution in [3.8, 4) is 0 Å². The summed E-state index contributed by atoms with van der Waals surface area (Å²) in [5, 5.41) is 11.9. The smallest absolute Gasteiger partial charge is 0.317 e. The first-order chi connectivity index (χ1) is 9.40. The molecule has 6 heteroatoms. The third-order valence-corrected chi connectivity index (χ3v) is 4.55. The summed E-state index contributed by atoms with van der Waals surface area (Å²) in [6.45, 7) is 5.87. The van der Waals surface area contributed by atoms with Crippen LogP contribution in [0.15, 0.2) is 0 Å². The largest absolute Gasteiger partial charge is 0.481 e. The Bertz CT molecular complexity index is 387. The molecule has 0 aromatic rings. The number of amides is 2. The van der Waals surface area contributed by atoms with E-state index in [0.29, 0.717) is 19.7 Å². The third-order valence-electron chi connectivity index (χ3n) is 4.55. The van der Waals surface area contributed by atoms with Crippen molar-refractivity contribution in [2.45, 2.75) is 51.2 Å². The van der Waals surface area contributed by atoms with Gasteiger partial charge in [-0.1, -0.05) is 0 Å². The quantitative estimate of drug-likeness (QED) is 0.822. The minimum absolute atomic E-state index is 0.00561. The minimum atomic E-state index is -0.790. The van der Waals surface area contributed by atoms with Crippen LogP contribution in [-0.2, 0) is 9.53 Å². The summed E-state index contributed by atoms with van der Waals surface area (Å²) in [4.78, 5) is 24.9. The van der Waals surface area contributed by atoms with E-state index in [9.17, 15) is 9.59 Å².